The molecule has 0 N–H and O–H groups in total. The normalized spacial score (nSPS) is 26.1. The van der Waals surface area contributed by atoms with Gasteiger partial charge in [0.2, 0.25) is 0 Å². The maximum absolute atomic E-state index is 11.1. The fraction of sp³-hybridized carbons (Fsp3) is 0.875. The first-order chi connectivity index (χ1) is 4.99. The molecule has 0 aromatic rings. The third-order valence-electron chi connectivity index (χ3n) is 1.74. The van der Waals surface area contributed by atoms with E-state index in [1.807, 2.05) is 0 Å². The molecule has 11 heavy (non-hydrogen) atoms. The summed E-state index contributed by atoms with van der Waals surface area (Å²) in [4.78, 5) is 11.1. The van der Waals surface area contributed by atoms with Crippen LogP contribution in [0, 0.1) is 0 Å². The molecule has 1 atom stereocenters. The van der Waals surface area contributed by atoms with Gasteiger partial charge in [0, 0.05) is 6.42 Å². The van der Waals surface area contributed by atoms with Crippen LogP contribution in [0.25, 0.3) is 0 Å². The van der Waals surface area contributed by atoms with Gasteiger partial charge >= 0.3 is 0 Å². The van der Waals surface area contributed by atoms with Crippen LogP contribution in [-0.2, 0) is 9.22 Å². The van der Waals surface area contributed by atoms with Gasteiger partial charge in [-0.1, -0.05) is 0 Å². The van der Waals surface area contributed by atoms with Crippen molar-refractivity contribution in [3.63, 3.8) is 0 Å². The van der Waals surface area contributed by atoms with E-state index < -0.39 is 8.32 Å². The van der Waals surface area contributed by atoms with Crippen molar-refractivity contribution in [1.29, 1.82) is 0 Å². The molecule has 2 nitrogen and oxygen atoms in total. The van der Waals surface area contributed by atoms with Crippen LogP contribution in [0.4, 0.5) is 0 Å². The molecular formula is C8H16O2Si. The number of hydrogen-bond donors (Lipinski definition) is 0. The smallest absolute Gasteiger partial charge is 0.184 e. The molecule has 0 aliphatic heterocycles. The van der Waals surface area contributed by atoms with E-state index in [1.54, 1.807) is 0 Å². The summed E-state index contributed by atoms with van der Waals surface area (Å²) in [5.41, 5.74) is 0. The van der Waals surface area contributed by atoms with Gasteiger partial charge in [-0.2, -0.15) is 0 Å². The summed E-state index contributed by atoms with van der Waals surface area (Å²) in [6.45, 7) is 6.37. The topological polar surface area (TPSA) is 26.3 Å². The van der Waals surface area contributed by atoms with Gasteiger partial charge in [0.05, 0.1) is 0 Å². The highest BCUT2D eigenvalue weighted by Crippen LogP contribution is 2.21. The number of hydrogen-bond acceptors (Lipinski definition) is 2. The van der Waals surface area contributed by atoms with Gasteiger partial charge in [-0.05, 0) is 32.5 Å². The second-order valence-electron chi connectivity index (χ2n) is 4.08. The molecule has 1 rings (SSSR count). The minimum Gasteiger partial charge on any atom is -0.408 e. The molecule has 1 aliphatic carbocycles. The van der Waals surface area contributed by atoms with Crippen LogP contribution in [0.2, 0.25) is 19.6 Å². The Bertz CT molecular complexity index is 160. The second kappa shape index (κ2) is 3.07. The highest BCUT2D eigenvalue weighted by molar-refractivity contribution is 6.69. The lowest BCUT2D eigenvalue weighted by Crippen LogP contribution is -2.33. The van der Waals surface area contributed by atoms with Crippen LogP contribution in [0.5, 0.6) is 0 Å². The lowest BCUT2D eigenvalue weighted by atomic mass is 10.3. The SMILES string of the molecule is C[Si](C)(C)O[C@@H]1CCCC1=O. The Hall–Kier alpha value is -0.153. The highest BCUT2D eigenvalue weighted by Gasteiger charge is 2.29. The molecular weight excluding hydrogens is 156 g/mol. The average molecular weight is 172 g/mol. The Morgan fingerprint density at radius 1 is 1.45 bits per heavy atom. The van der Waals surface area contributed by atoms with Crippen LogP contribution < -0.4 is 0 Å². The van der Waals surface area contributed by atoms with Gasteiger partial charge in [0.25, 0.3) is 0 Å². The molecule has 1 fully saturated rings. The first-order valence-corrected chi connectivity index (χ1v) is 7.60. The van der Waals surface area contributed by atoms with E-state index in [2.05, 4.69) is 19.6 Å². The van der Waals surface area contributed by atoms with Crippen molar-refractivity contribution in [3.05, 3.63) is 0 Å². The number of carbonyl (C=O) groups is 1. The molecule has 0 spiro atoms. The number of rotatable bonds is 2. The molecule has 0 unspecified atom stereocenters. The van der Waals surface area contributed by atoms with E-state index in [1.165, 1.54) is 0 Å². The van der Waals surface area contributed by atoms with Crippen LogP contribution in [0.3, 0.4) is 0 Å². The molecule has 0 bridgehead atoms. The fourth-order valence-corrected chi connectivity index (χ4v) is 2.44. The van der Waals surface area contributed by atoms with Crippen LogP contribution >= 0.6 is 0 Å². The van der Waals surface area contributed by atoms with Crippen molar-refractivity contribution in [2.75, 3.05) is 0 Å². The molecule has 0 aromatic carbocycles. The van der Waals surface area contributed by atoms with Gasteiger partial charge in [-0.25, -0.2) is 0 Å². The molecule has 1 aliphatic rings. The number of ketones is 1. The molecule has 0 radical (unpaired) electrons. The quantitative estimate of drug-likeness (QED) is 0.595. The molecule has 64 valence electrons. The molecule has 0 heterocycles. The highest BCUT2D eigenvalue weighted by atomic mass is 28.4. The van der Waals surface area contributed by atoms with Crippen molar-refractivity contribution < 1.29 is 9.22 Å². The van der Waals surface area contributed by atoms with E-state index in [4.69, 9.17) is 4.43 Å². The summed E-state index contributed by atoms with van der Waals surface area (Å²) >= 11 is 0. The lowest BCUT2D eigenvalue weighted by molar-refractivity contribution is -0.123. The zero-order chi connectivity index (χ0) is 8.48. The van der Waals surface area contributed by atoms with E-state index in [9.17, 15) is 4.79 Å². The first-order valence-electron chi connectivity index (χ1n) is 4.19. The van der Waals surface area contributed by atoms with Gasteiger partial charge in [-0.3, -0.25) is 4.79 Å². The van der Waals surface area contributed by atoms with E-state index in [0.717, 1.165) is 19.3 Å². The Kier molecular flexibility index (Phi) is 2.49. The predicted octanol–water partition coefficient (Wildman–Crippen LogP) is 1.96. The molecule has 1 saturated carbocycles. The number of carbonyl (C=O) groups excluding carboxylic acids is 1. The predicted molar refractivity (Wildman–Crippen MR) is 47.1 cm³/mol. The number of Topliss-reactive ketones (excluding diaryl/α,β-unsaturated/α-hetero) is 1. The minimum absolute atomic E-state index is 0.0540. The molecule has 3 heteroatoms. The van der Waals surface area contributed by atoms with E-state index >= 15 is 0 Å². The maximum Gasteiger partial charge on any atom is 0.184 e. The zero-order valence-electron chi connectivity index (χ0n) is 7.52. The van der Waals surface area contributed by atoms with Crippen molar-refractivity contribution in [2.45, 2.75) is 45.0 Å². The zero-order valence-corrected chi connectivity index (χ0v) is 8.52. The summed E-state index contributed by atoms with van der Waals surface area (Å²) in [6, 6.07) is 0. The minimum atomic E-state index is -1.48. The Labute approximate surface area is 69.1 Å². The Morgan fingerprint density at radius 2 is 2.09 bits per heavy atom. The van der Waals surface area contributed by atoms with Gasteiger partial charge in [0.1, 0.15) is 6.10 Å². The largest absolute Gasteiger partial charge is 0.408 e. The van der Waals surface area contributed by atoms with Gasteiger partial charge in [0.15, 0.2) is 14.1 Å². The summed E-state index contributed by atoms with van der Waals surface area (Å²) in [5.74, 6) is 0.312. The van der Waals surface area contributed by atoms with Crippen LogP contribution in [-0.4, -0.2) is 20.2 Å². The third-order valence-corrected chi connectivity index (χ3v) is 2.74. The standard InChI is InChI=1S/C8H16O2Si/c1-11(2,3)10-8-6-4-5-7(8)9/h8H,4-6H2,1-3H3/t8-/m1/s1. The van der Waals surface area contributed by atoms with E-state index in [-0.39, 0.29) is 6.10 Å². The van der Waals surface area contributed by atoms with Crippen molar-refractivity contribution in [2.24, 2.45) is 0 Å². The monoisotopic (exact) mass is 172 g/mol. The van der Waals surface area contributed by atoms with E-state index in [0.29, 0.717) is 5.78 Å². The summed E-state index contributed by atoms with van der Waals surface area (Å²) in [7, 11) is -1.48. The second-order valence-corrected chi connectivity index (χ2v) is 8.54. The van der Waals surface area contributed by atoms with Crippen molar-refractivity contribution >= 4 is 14.1 Å². The fourth-order valence-electron chi connectivity index (χ4n) is 1.34. The first kappa shape index (κ1) is 8.94. The van der Waals surface area contributed by atoms with Crippen molar-refractivity contribution in [1.82, 2.24) is 0 Å². The van der Waals surface area contributed by atoms with Crippen LogP contribution in [0.15, 0.2) is 0 Å². The summed E-state index contributed by atoms with van der Waals surface area (Å²) in [5, 5.41) is 0. The third kappa shape index (κ3) is 2.75. The molecule has 0 aromatic heterocycles. The Balaban J connectivity index is 2.43. The van der Waals surface area contributed by atoms with Gasteiger partial charge < -0.3 is 4.43 Å². The molecule has 0 amide bonds. The molecule has 0 saturated heterocycles. The average Bonchev–Trinajstić information content (AvgIpc) is 2.12. The Morgan fingerprint density at radius 3 is 2.45 bits per heavy atom. The lowest BCUT2D eigenvalue weighted by Gasteiger charge is -2.21. The summed E-state index contributed by atoms with van der Waals surface area (Å²) < 4.78 is 5.70. The van der Waals surface area contributed by atoms with Crippen molar-refractivity contribution in [3.8, 4) is 0 Å². The van der Waals surface area contributed by atoms with Crippen LogP contribution in [0.1, 0.15) is 19.3 Å². The maximum atomic E-state index is 11.1. The van der Waals surface area contributed by atoms with Gasteiger partial charge in [-0.15, -0.1) is 0 Å². The summed E-state index contributed by atoms with van der Waals surface area (Å²) in [6.07, 6.45) is 2.65.